The van der Waals surface area contributed by atoms with Crippen LogP contribution in [0.1, 0.15) is 0 Å². The number of likely N-dealkylation sites (N-methyl/N-ethyl adjacent to an activating group) is 1. The Morgan fingerprint density at radius 1 is 0.892 bits per heavy atom. The van der Waals surface area contributed by atoms with E-state index in [4.69, 9.17) is 25.8 Å². The molecule has 0 saturated heterocycles. The van der Waals surface area contributed by atoms with Gasteiger partial charge in [0.25, 0.3) is 10.0 Å². The lowest BCUT2D eigenvalue weighted by Gasteiger charge is -2.26. The van der Waals surface area contributed by atoms with Crippen molar-refractivity contribution in [2.24, 2.45) is 0 Å². The molecule has 0 unspecified atom stereocenters. The van der Waals surface area contributed by atoms with E-state index >= 15 is 0 Å². The first-order valence-corrected chi connectivity index (χ1v) is 13.1. The number of benzene rings is 3. The second-order valence-electron chi connectivity index (χ2n) is 7.95. The van der Waals surface area contributed by atoms with Crippen molar-refractivity contribution in [1.82, 2.24) is 5.32 Å². The van der Waals surface area contributed by atoms with Crippen molar-refractivity contribution < 1.29 is 27.4 Å². The molecule has 0 aromatic heterocycles. The lowest BCUT2D eigenvalue weighted by Crippen LogP contribution is -2.43. The topological polar surface area (TPSA) is 97.4 Å². The maximum atomic E-state index is 13.8. The van der Waals surface area contributed by atoms with Crippen LogP contribution in [0.3, 0.4) is 0 Å². The second-order valence-corrected chi connectivity index (χ2v) is 10.3. The number of rotatable bonds is 12. The average molecular weight is 548 g/mol. The van der Waals surface area contributed by atoms with Crippen molar-refractivity contribution in [1.29, 1.82) is 0 Å². The van der Waals surface area contributed by atoms with Gasteiger partial charge in [0.15, 0.2) is 11.5 Å². The highest BCUT2D eigenvalue weighted by Gasteiger charge is 2.30. The highest BCUT2D eigenvalue weighted by Crippen LogP contribution is 2.36. The van der Waals surface area contributed by atoms with Crippen molar-refractivity contribution in [2.45, 2.75) is 4.90 Å². The number of hydrogen-bond donors (Lipinski definition) is 1. The van der Waals surface area contributed by atoms with Crippen molar-refractivity contribution in [3.8, 4) is 17.2 Å². The number of anilines is 2. The molecule has 0 saturated carbocycles. The minimum atomic E-state index is -4.25. The number of sulfonamides is 1. The fourth-order valence-corrected chi connectivity index (χ4v) is 5.23. The molecule has 0 atom stereocenters. The number of halogens is 1. The van der Waals surface area contributed by atoms with E-state index in [1.165, 1.54) is 45.6 Å². The van der Waals surface area contributed by atoms with Crippen LogP contribution in [-0.4, -0.2) is 62.3 Å². The van der Waals surface area contributed by atoms with Gasteiger partial charge in [-0.25, -0.2) is 8.42 Å². The summed E-state index contributed by atoms with van der Waals surface area (Å²) in [6.45, 7) is 0.336. The molecule has 198 valence electrons. The number of ether oxygens (including phenoxy) is 3. The Hall–Kier alpha value is -3.63. The first-order chi connectivity index (χ1) is 17.7. The molecule has 0 aliphatic rings. The van der Waals surface area contributed by atoms with Gasteiger partial charge in [-0.05, 0) is 42.5 Å². The Kier molecular flexibility index (Phi) is 9.48. The highest BCUT2D eigenvalue weighted by atomic mass is 35.5. The minimum absolute atomic E-state index is 0.0937. The molecule has 37 heavy (non-hydrogen) atoms. The minimum Gasteiger partial charge on any atom is -0.495 e. The molecular formula is C26H30ClN3O6S. The summed E-state index contributed by atoms with van der Waals surface area (Å²) in [7, 11) is 1.93. The zero-order valence-electron chi connectivity index (χ0n) is 21.1. The lowest BCUT2D eigenvalue weighted by molar-refractivity contribution is -0.119. The van der Waals surface area contributed by atoms with Gasteiger partial charge in [0, 0.05) is 36.9 Å². The van der Waals surface area contributed by atoms with Crippen molar-refractivity contribution in [3.63, 3.8) is 0 Å². The second kappa shape index (κ2) is 12.6. The van der Waals surface area contributed by atoms with Gasteiger partial charge >= 0.3 is 0 Å². The Bertz CT molecular complexity index is 1320. The van der Waals surface area contributed by atoms with E-state index < -0.39 is 22.5 Å². The van der Waals surface area contributed by atoms with Crippen molar-refractivity contribution in [2.75, 3.05) is 57.2 Å². The predicted molar refractivity (Wildman–Crippen MR) is 145 cm³/mol. The Morgan fingerprint density at radius 2 is 1.54 bits per heavy atom. The monoisotopic (exact) mass is 547 g/mol. The molecule has 9 nitrogen and oxygen atoms in total. The molecule has 0 radical (unpaired) electrons. The highest BCUT2D eigenvalue weighted by molar-refractivity contribution is 7.92. The molecule has 1 amide bonds. The Labute approximate surface area is 222 Å². The Morgan fingerprint density at radius 3 is 2.19 bits per heavy atom. The van der Waals surface area contributed by atoms with Crippen LogP contribution in [0.5, 0.6) is 17.2 Å². The smallest absolute Gasteiger partial charge is 0.265 e. The van der Waals surface area contributed by atoms with Gasteiger partial charge in [0.1, 0.15) is 12.3 Å². The zero-order valence-corrected chi connectivity index (χ0v) is 22.7. The van der Waals surface area contributed by atoms with E-state index in [1.807, 2.05) is 42.3 Å². The van der Waals surface area contributed by atoms with Crippen LogP contribution in [0, 0.1) is 0 Å². The molecule has 11 heteroatoms. The van der Waals surface area contributed by atoms with Crippen LogP contribution in [-0.2, 0) is 14.8 Å². The van der Waals surface area contributed by atoms with Gasteiger partial charge in [-0.2, -0.15) is 0 Å². The number of carbonyl (C=O) groups is 1. The number of methoxy groups -OCH3 is 3. The van der Waals surface area contributed by atoms with Crippen molar-refractivity contribution >= 4 is 38.9 Å². The average Bonchev–Trinajstić information content (AvgIpc) is 2.91. The molecule has 0 aliphatic heterocycles. The van der Waals surface area contributed by atoms with Crippen LogP contribution in [0.25, 0.3) is 0 Å². The summed E-state index contributed by atoms with van der Waals surface area (Å²) in [6.07, 6.45) is 0. The van der Waals surface area contributed by atoms with Gasteiger partial charge in [-0.1, -0.05) is 29.8 Å². The summed E-state index contributed by atoms with van der Waals surface area (Å²) >= 11 is 6.19. The largest absolute Gasteiger partial charge is 0.495 e. The first-order valence-electron chi connectivity index (χ1n) is 11.3. The summed E-state index contributed by atoms with van der Waals surface area (Å²) in [4.78, 5) is 14.9. The number of carbonyl (C=O) groups excluding carboxylic acids is 1. The predicted octanol–water partition coefficient (Wildman–Crippen LogP) is 3.81. The SMILES string of the molecule is COc1ccc(S(=O)(=O)N(CC(=O)NCCN(C)c2ccccc2)c2cc(Cl)ccc2OC)cc1OC. The van der Waals surface area contributed by atoms with Crippen LogP contribution in [0.4, 0.5) is 11.4 Å². The first kappa shape index (κ1) is 27.9. The third kappa shape index (κ3) is 6.78. The summed E-state index contributed by atoms with van der Waals surface area (Å²) in [5, 5.41) is 3.08. The summed E-state index contributed by atoms with van der Waals surface area (Å²) in [5.41, 5.74) is 1.12. The zero-order chi connectivity index (χ0) is 27.0. The number of nitrogens with one attached hydrogen (secondary N) is 1. The number of hydrogen-bond acceptors (Lipinski definition) is 7. The van der Waals surface area contributed by atoms with E-state index in [0.717, 1.165) is 9.99 Å². The van der Waals surface area contributed by atoms with Crippen LogP contribution in [0.15, 0.2) is 71.6 Å². The maximum absolute atomic E-state index is 13.8. The lowest BCUT2D eigenvalue weighted by atomic mass is 10.3. The molecular weight excluding hydrogens is 518 g/mol. The van der Waals surface area contributed by atoms with Gasteiger partial charge in [0.2, 0.25) is 5.91 Å². The molecule has 0 aliphatic carbocycles. The van der Waals surface area contributed by atoms with E-state index in [2.05, 4.69) is 5.32 Å². The van der Waals surface area contributed by atoms with Gasteiger partial charge in [0.05, 0.1) is 31.9 Å². The fraction of sp³-hybridized carbons (Fsp3) is 0.269. The quantitative estimate of drug-likeness (QED) is 0.368. The molecule has 0 fully saturated rings. The van der Waals surface area contributed by atoms with Crippen LogP contribution in [0.2, 0.25) is 5.02 Å². The summed E-state index contributed by atoms with van der Waals surface area (Å²) in [5.74, 6) is 0.348. The van der Waals surface area contributed by atoms with Crippen LogP contribution < -0.4 is 28.7 Å². The maximum Gasteiger partial charge on any atom is 0.265 e. The number of nitrogens with zero attached hydrogens (tertiary/aromatic N) is 2. The van der Waals surface area contributed by atoms with E-state index in [1.54, 1.807) is 12.1 Å². The number of amides is 1. The molecule has 3 aromatic rings. The molecule has 0 bridgehead atoms. The molecule has 0 heterocycles. The summed E-state index contributed by atoms with van der Waals surface area (Å²) < 4.78 is 44.5. The van der Waals surface area contributed by atoms with Gasteiger partial charge in [-0.15, -0.1) is 0 Å². The fourth-order valence-electron chi connectivity index (χ4n) is 3.62. The third-order valence-corrected chi connectivity index (χ3v) is 7.60. The van der Waals surface area contributed by atoms with Crippen molar-refractivity contribution in [3.05, 3.63) is 71.8 Å². The molecule has 0 spiro atoms. The summed E-state index contributed by atoms with van der Waals surface area (Å²) in [6, 6.07) is 18.5. The number of para-hydroxylation sites is 1. The van der Waals surface area contributed by atoms with E-state index in [0.29, 0.717) is 18.8 Å². The van der Waals surface area contributed by atoms with Gasteiger partial charge < -0.3 is 24.4 Å². The Balaban J connectivity index is 1.89. The molecule has 3 aromatic carbocycles. The molecule has 3 rings (SSSR count). The molecule has 1 N–H and O–H groups in total. The standard InChI is InChI=1S/C26H30ClN3O6S/c1-29(20-8-6-5-7-9-20)15-14-28-26(31)18-30(22-16-19(27)10-12-23(22)34-2)37(32,33)21-11-13-24(35-3)25(17-21)36-4/h5-13,16-17H,14-15,18H2,1-4H3,(H,28,31). The van der Waals surface area contributed by atoms with Gasteiger partial charge in [-0.3, -0.25) is 9.10 Å². The normalized spacial score (nSPS) is 10.9. The third-order valence-electron chi connectivity index (χ3n) is 5.61. The van der Waals surface area contributed by atoms with E-state index in [-0.39, 0.29) is 27.1 Å². The van der Waals surface area contributed by atoms with E-state index in [9.17, 15) is 13.2 Å². The van der Waals surface area contributed by atoms with Crippen LogP contribution >= 0.6 is 11.6 Å².